The number of rotatable bonds is 10. The highest BCUT2D eigenvalue weighted by Gasteiger charge is 2.28. The summed E-state index contributed by atoms with van der Waals surface area (Å²) in [6.07, 6.45) is 0. The molecule has 0 amide bonds. The van der Waals surface area contributed by atoms with Crippen molar-refractivity contribution in [3.63, 3.8) is 0 Å². The van der Waals surface area contributed by atoms with Crippen LogP contribution in [0.15, 0.2) is 57.4 Å². The number of halogens is 2. The predicted octanol–water partition coefficient (Wildman–Crippen LogP) is 4.80. The largest absolute Gasteiger partial charge is 0.490 e. The number of nitrogens with one attached hydrogen (secondary N) is 2. The number of morpholine rings is 1. The lowest BCUT2D eigenvalue weighted by Crippen LogP contribution is -2.44. The van der Waals surface area contributed by atoms with E-state index < -0.39 is 48.3 Å². The van der Waals surface area contributed by atoms with Gasteiger partial charge in [0.25, 0.3) is 0 Å². The van der Waals surface area contributed by atoms with E-state index in [-0.39, 0.29) is 21.9 Å². The predicted molar refractivity (Wildman–Crippen MR) is 157 cm³/mol. The van der Waals surface area contributed by atoms with Crippen LogP contribution in [-0.4, -0.2) is 66.4 Å². The maximum absolute atomic E-state index is 15.4. The Morgan fingerprint density at radius 2 is 2.05 bits per heavy atom. The standard InChI is InChI=1S/C27H27F2N7O6S2/c1-15-11-22(34-33-15)30-25-24(41-3)26(35-9-10-42-13-16(35)2)32-27(31-25)43-21-8-7-18(12-19(21)28)44(39,40)14-17-5-4-6-20(23(17)29)36(37)38/h4-8,11-12,16H,9-10,13-14H2,1-3H3,(H2,30,31,32,33,34). The molecule has 0 saturated carbocycles. The molecule has 232 valence electrons. The van der Waals surface area contributed by atoms with Crippen molar-refractivity contribution in [2.24, 2.45) is 0 Å². The summed E-state index contributed by atoms with van der Waals surface area (Å²) in [6, 6.07) is 8.20. The summed E-state index contributed by atoms with van der Waals surface area (Å²) in [4.78, 5) is 20.9. The summed E-state index contributed by atoms with van der Waals surface area (Å²) in [5, 5.41) is 21.3. The zero-order valence-corrected chi connectivity index (χ0v) is 25.3. The van der Waals surface area contributed by atoms with Gasteiger partial charge in [-0.15, -0.1) is 0 Å². The van der Waals surface area contributed by atoms with Crippen molar-refractivity contribution in [3.05, 3.63) is 75.5 Å². The molecule has 0 spiro atoms. The Morgan fingerprint density at radius 3 is 2.70 bits per heavy atom. The lowest BCUT2D eigenvalue weighted by molar-refractivity contribution is -0.387. The number of aromatic amines is 1. The minimum atomic E-state index is -4.26. The Balaban J connectivity index is 1.47. The topological polar surface area (TPSA) is 165 Å². The molecule has 1 fully saturated rings. The average molecular weight is 648 g/mol. The van der Waals surface area contributed by atoms with Crippen molar-refractivity contribution in [2.75, 3.05) is 37.1 Å². The van der Waals surface area contributed by atoms with Gasteiger partial charge in [-0.05, 0) is 43.8 Å². The number of methoxy groups -OCH3 is 1. The monoisotopic (exact) mass is 647 g/mol. The molecule has 1 unspecified atom stereocenters. The average Bonchev–Trinajstić information content (AvgIpc) is 3.39. The molecule has 2 aromatic carbocycles. The zero-order chi connectivity index (χ0) is 31.6. The first-order valence-corrected chi connectivity index (χ1v) is 15.6. The van der Waals surface area contributed by atoms with Gasteiger partial charge in [-0.1, -0.05) is 12.1 Å². The number of H-pyrrole nitrogens is 1. The van der Waals surface area contributed by atoms with Crippen LogP contribution in [0.3, 0.4) is 0 Å². The third-order valence-electron chi connectivity index (χ3n) is 6.69. The van der Waals surface area contributed by atoms with Crippen molar-refractivity contribution < 1.29 is 31.6 Å². The lowest BCUT2D eigenvalue weighted by atomic mass is 10.2. The van der Waals surface area contributed by atoms with E-state index in [1.54, 1.807) is 6.07 Å². The van der Waals surface area contributed by atoms with Gasteiger partial charge >= 0.3 is 5.69 Å². The fourth-order valence-electron chi connectivity index (χ4n) is 4.54. The molecular formula is C27H27F2N7O6S2. The molecular weight excluding hydrogens is 620 g/mol. The minimum Gasteiger partial charge on any atom is -0.490 e. The molecule has 0 radical (unpaired) electrons. The fraction of sp³-hybridized carbons (Fsp3) is 0.296. The number of nitrogens with zero attached hydrogens (tertiary/aromatic N) is 5. The number of hydrogen-bond acceptors (Lipinski definition) is 12. The maximum atomic E-state index is 15.4. The smallest absolute Gasteiger partial charge is 0.305 e. The van der Waals surface area contributed by atoms with E-state index in [4.69, 9.17) is 9.47 Å². The Kier molecular flexibility index (Phi) is 8.98. The van der Waals surface area contributed by atoms with E-state index in [2.05, 4.69) is 25.5 Å². The summed E-state index contributed by atoms with van der Waals surface area (Å²) in [5.41, 5.74) is -0.443. The van der Waals surface area contributed by atoms with Crippen LogP contribution in [0, 0.1) is 28.7 Å². The normalized spacial score (nSPS) is 15.3. The molecule has 1 saturated heterocycles. The van der Waals surface area contributed by atoms with Gasteiger partial charge in [0, 0.05) is 29.9 Å². The summed E-state index contributed by atoms with van der Waals surface area (Å²) in [6.45, 7) is 5.25. The van der Waals surface area contributed by atoms with Crippen LogP contribution >= 0.6 is 11.8 Å². The minimum absolute atomic E-state index is 0.0261. The van der Waals surface area contributed by atoms with Gasteiger partial charge in [-0.3, -0.25) is 15.2 Å². The molecule has 4 aromatic rings. The van der Waals surface area contributed by atoms with Crippen molar-refractivity contribution >= 4 is 44.7 Å². The van der Waals surface area contributed by atoms with Crippen LogP contribution in [0.2, 0.25) is 0 Å². The quantitative estimate of drug-likeness (QED) is 0.137. The number of hydrogen-bond donors (Lipinski definition) is 2. The molecule has 44 heavy (non-hydrogen) atoms. The van der Waals surface area contributed by atoms with E-state index in [1.807, 2.05) is 18.7 Å². The van der Waals surface area contributed by atoms with E-state index in [0.29, 0.717) is 37.1 Å². The van der Waals surface area contributed by atoms with E-state index in [1.165, 1.54) is 25.3 Å². The van der Waals surface area contributed by atoms with Gasteiger partial charge in [-0.25, -0.2) is 22.8 Å². The Hall–Kier alpha value is -4.35. The number of nitro groups is 1. The van der Waals surface area contributed by atoms with Crippen molar-refractivity contribution in [1.29, 1.82) is 0 Å². The second kappa shape index (κ2) is 12.7. The van der Waals surface area contributed by atoms with Crippen LogP contribution in [0.1, 0.15) is 18.2 Å². The lowest BCUT2D eigenvalue weighted by Gasteiger charge is -2.35. The second-order valence-electron chi connectivity index (χ2n) is 9.85. The van der Waals surface area contributed by atoms with Gasteiger partial charge in [-0.2, -0.15) is 9.49 Å². The summed E-state index contributed by atoms with van der Waals surface area (Å²) < 4.78 is 67.2. The molecule has 5 rings (SSSR count). The summed E-state index contributed by atoms with van der Waals surface area (Å²) in [7, 11) is -2.78. The molecule has 17 heteroatoms. The number of nitro benzene ring substituents is 1. The number of benzene rings is 2. The van der Waals surface area contributed by atoms with Crippen LogP contribution in [0.5, 0.6) is 5.75 Å². The highest BCUT2D eigenvalue weighted by atomic mass is 32.2. The van der Waals surface area contributed by atoms with Gasteiger partial charge in [0.1, 0.15) is 5.82 Å². The first kappa shape index (κ1) is 31.1. The van der Waals surface area contributed by atoms with Gasteiger partial charge in [0.2, 0.25) is 11.6 Å². The Bertz CT molecular complexity index is 1820. The number of anilines is 3. The van der Waals surface area contributed by atoms with Crippen LogP contribution in [-0.2, 0) is 20.3 Å². The van der Waals surface area contributed by atoms with E-state index >= 15 is 4.39 Å². The Morgan fingerprint density at radius 1 is 1.25 bits per heavy atom. The van der Waals surface area contributed by atoms with Crippen molar-refractivity contribution in [2.45, 2.75) is 40.6 Å². The summed E-state index contributed by atoms with van der Waals surface area (Å²) >= 11 is 0.865. The molecule has 2 aromatic heterocycles. The third kappa shape index (κ3) is 6.58. The summed E-state index contributed by atoms with van der Waals surface area (Å²) in [5.74, 6) is -1.48. The molecule has 2 N–H and O–H groups in total. The van der Waals surface area contributed by atoms with E-state index in [0.717, 1.165) is 35.7 Å². The molecule has 0 bridgehead atoms. The first-order chi connectivity index (χ1) is 21.0. The highest BCUT2D eigenvalue weighted by Crippen LogP contribution is 2.40. The number of sulfone groups is 1. The SMILES string of the molecule is COc1c(Nc2cc(C)[nH]n2)nc(Sc2ccc(S(=O)(=O)Cc3cccc([N+](=O)[O-])c3F)cc2F)nc1N1CCOCC1C. The van der Waals surface area contributed by atoms with Gasteiger partial charge in [0.05, 0.1) is 46.8 Å². The fourth-order valence-corrected chi connectivity index (χ4v) is 6.66. The first-order valence-electron chi connectivity index (χ1n) is 13.2. The molecule has 3 heterocycles. The van der Waals surface area contributed by atoms with Crippen molar-refractivity contribution in [3.8, 4) is 5.75 Å². The highest BCUT2D eigenvalue weighted by molar-refractivity contribution is 7.99. The van der Waals surface area contributed by atoms with Crippen LogP contribution < -0.4 is 15.0 Å². The Labute approximate surface area is 255 Å². The molecule has 13 nitrogen and oxygen atoms in total. The van der Waals surface area contributed by atoms with Gasteiger partial charge < -0.3 is 19.7 Å². The molecule has 1 aliphatic rings. The van der Waals surface area contributed by atoms with Crippen LogP contribution in [0.4, 0.5) is 31.9 Å². The number of aromatic nitrogens is 4. The second-order valence-corrected chi connectivity index (χ2v) is 12.8. The van der Waals surface area contributed by atoms with Gasteiger partial charge in [0.15, 0.2) is 32.4 Å². The van der Waals surface area contributed by atoms with Crippen LogP contribution in [0.25, 0.3) is 0 Å². The molecule has 1 aliphatic heterocycles. The third-order valence-corrected chi connectivity index (χ3v) is 9.27. The molecule has 1 atom stereocenters. The zero-order valence-electron chi connectivity index (χ0n) is 23.7. The van der Waals surface area contributed by atoms with Crippen molar-refractivity contribution in [1.82, 2.24) is 20.2 Å². The molecule has 0 aliphatic carbocycles. The van der Waals surface area contributed by atoms with E-state index in [9.17, 15) is 22.9 Å². The maximum Gasteiger partial charge on any atom is 0.305 e. The number of ether oxygens (including phenoxy) is 2. The number of aryl methyl sites for hydroxylation is 1.